The fourth-order valence-corrected chi connectivity index (χ4v) is 3.98. The molecule has 3 heterocycles. The summed E-state index contributed by atoms with van der Waals surface area (Å²) in [5.41, 5.74) is 8.44. The predicted octanol–water partition coefficient (Wildman–Crippen LogP) is 5.87. The van der Waals surface area contributed by atoms with Gasteiger partial charge in [0.15, 0.2) is 0 Å². The second-order valence-electron chi connectivity index (χ2n) is 8.34. The van der Waals surface area contributed by atoms with Crippen molar-refractivity contribution >= 4 is 17.4 Å². The number of anilines is 1. The molecule has 6 heteroatoms. The van der Waals surface area contributed by atoms with Crippen LogP contribution >= 0.6 is 0 Å². The summed E-state index contributed by atoms with van der Waals surface area (Å²) < 4.78 is 5.07. The number of carbonyl (C=O) groups is 1. The third-order valence-electron chi connectivity index (χ3n) is 5.75. The Morgan fingerprint density at radius 1 is 1.12 bits per heavy atom. The molecule has 0 spiro atoms. The van der Waals surface area contributed by atoms with Gasteiger partial charge in [-0.3, -0.25) is 9.97 Å². The summed E-state index contributed by atoms with van der Waals surface area (Å²) in [6, 6.07) is 16.7. The molecule has 34 heavy (non-hydrogen) atoms. The minimum Gasteiger partial charge on any atom is -0.450 e. The zero-order valence-corrected chi connectivity index (χ0v) is 19.8. The van der Waals surface area contributed by atoms with E-state index in [2.05, 4.69) is 52.2 Å². The minimum absolute atomic E-state index is 0.258. The number of allylic oxidation sites excluding steroid dienone is 1. The second-order valence-corrected chi connectivity index (χ2v) is 8.34. The molecule has 0 unspecified atom stereocenters. The molecule has 1 aromatic carbocycles. The average molecular weight is 455 g/mol. The first-order valence-corrected chi connectivity index (χ1v) is 11.6. The molecule has 0 fully saturated rings. The zero-order chi connectivity index (χ0) is 23.9. The Morgan fingerprint density at radius 2 is 1.94 bits per heavy atom. The molecule has 0 aliphatic carbocycles. The average Bonchev–Trinajstić information content (AvgIpc) is 2.85. The predicted molar refractivity (Wildman–Crippen MR) is 136 cm³/mol. The Hall–Kier alpha value is -3.93. The molecule has 0 atom stereocenters. The SMILES string of the molecule is C=C(Cc1ccc(-c2ccnc(C)c2)cc1)Nc1ccc(C2=CCN(C(=O)OCC)CC2)nc1. The van der Waals surface area contributed by atoms with Crippen molar-refractivity contribution in [2.45, 2.75) is 26.7 Å². The highest BCUT2D eigenvalue weighted by molar-refractivity contribution is 5.72. The maximum Gasteiger partial charge on any atom is 0.410 e. The number of pyridine rings is 2. The van der Waals surface area contributed by atoms with Crippen molar-refractivity contribution in [3.05, 3.63) is 96.2 Å². The molecular weight excluding hydrogens is 424 g/mol. The third-order valence-corrected chi connectivity index (χ3v) is 5.75. The highest BCUT2D eigenvalue weighted by Crippen LogP contribution is 2.24. The fraction of sp³-hybridized carbons (Fsp3) is 0.250. The van der Waals surface area contributed by atoms with E-state index in [1.165, 1.54) is 16.7 Å². The number of aryl methyl sites for hydroxylation is 1. The Kier molecular flexibility index (Phi) is 7.38. The van der Waals surface area contributed by atoms with Gasteiger partial charge in [0.05, 0.1) is 24.2 Å². The molecule has 0 saturated heterocycles. The normalized spacial score (nSPS) is 13.2. The Bertz CT molecular complexity index is 1180. The van der Waals surface area contributed by atoms with E-state index in [9.17, 15) is 4.79 Å². The molecule has 1 aliphatic rings. The molecule has 1 N–H and O–H groups in total. The van der Waals surface area contributed by atoms with Crippen LogP contribution in [0, 0.1) is 6.92 Å². The van der Waals surface area contributed by atoms with Gasteiger partial charge >= 0.3 is 6.09 Å². The topological polar surface area (TPSA) is 67.4 Å². The van der Waals surface area contributed by atoms with Crippen LogP contribution in [0.15, 0.2) is 79.3 Å². The first-order chi connectivity index (χ1) is 16.5. The molecule has 6 nitrogen and oxygen atoms in total. The molecule has 0 radical (unpaired) electrons. The first-order valence-electron chi connectivity index (χ1n) is 11.6. The summed E-state index contributed by atoms with van der Waals surface area (Å²) in [5.74, 6) is 0. The minimum atomic E-state index is -0.258. The van der Waals surface area contributed by atoms with Crippen molar-refractivity contribution in [1.29, 1.82) is 0 Å². The molecule has 2 aromatic heterocycles. The van der Waals surface area contributed by atoms with Crippen molar-refractivity contribution < 1.29 is 9.53 Å². The van der Waals surface area contributed by atoms with E-state index in [1.807, 2.05) is 50.5 Å². The smallest absolute Gasteiger partial charge is 0.410 e. The van der Waals surface area contributed by atoms with E-state index < -0.39 is 0 Å². The van der Waals surface area contributed by atoms with Crippen molar-refractivity contribution in [3.63, 3.8) is 0 Å². The molecule has 3 aromatic rings. The van der Waals surface area contributed by atoms with Gasteiger partial charge in [-0.05, 0) is 66.8 Å². The standard InChI is InChI=1S/C28H30N4O2/c1-4-34-28(33)32-15-12-24(13-16-32)27-10-9-26(19-30-27)31-21(3)17-22-5-7-23(8-6-22)25-11-14-29-20(2)18-25/h5-12,14,18-19,31H,3-4,13,15-17H2,1-2H3. The zero-order valence-electron chi connectivity index (χ0n) is 19.8. The van der Waals surface area contributed by atoms with Gasteiger partial charge < -0.3 is 15.0 Å². The van der Waals surface area contributed by atoms with E-state index in [-0.39, 0.29) is 6.09 Å². The lowest BCUT2D eigenvalue weighted by Gasteiger charge is -2.25. The van der Waals surface area contributed by atoms with Gasteiger partial charge in [0, 0.05) is 37.1 Å². The Morgan fingerprint density at radius 3 is 2.59 bits per heavy atom. The Balaban J connectivity index is 1.31. The number of carbonyl (C=O) groups excluding carboxylic acids is 1. The number of aromatic nitrogens is 2. The van der Waals surface area contributed by atoms with Gasteiger partial charge in [0.25, 0.3) is 0 Å². The number of nitrogens with one attached hydrogen (secondary N) is 1. The number of hydrogen-bond donors (Lipinski definition) is 1. The van der Waals surface area contributed by atoms with Crippen LogP contribution in [-0.4, -0.2) is 40.7 Å². The largest absolute Gasteiger partial charge is 0.450 e. The molecule has 1 amide bonds. The van der Waals surface area contributed by atoms with E-state index in [0.717, 1.165) is 41.2 Å². The quantitative estimate of drug-likeness (QED) is 0.484. The maximum atomic E-state index is 11.9. The summed E-state index contributed by atoms with van der Waals surface area (Å²) in [5, 5.41) is 3.36. The van der Waals surface area contributed by atoms with E-state index >= 15 is 0 Å². The molecule has 0 bridgehead atoms. The second kappa shape index (κ2) is 10.8. The van der Waals surface area contributed by atoms with Gasteiger partial charge in [0.1, 0.15) is 0 Å². The van der Waals surface area contributed by atoms with Crippen molar-refractivity contribution in [2.24, 2.45) is 0 Å². The van der Waals surface area contributed by atoms with Crippen LogP contribution in [0.5, 0.6) is 0 Å². The number of ether oxygens (including phenoxy) is 1. The maximum absolute atomic E-state index is 11.9. The summed E-state index contributed by atoms with van der Waals surface area (Å²) >= 11 is 0. The van der Waals surface area contributed by atoms with Crippen molar-refractivity contribution in [1.82, 2.24) is 14.9 Å². The van der Waals surface area contributed by atoms with Crippen LogP contribution in [0.4, 0.5) is 10.5 Å². The lowest BCUT2D eigenvalue weighted by molar-refractivity contribution is 0.111. The Labute approximate surface area is 201 Å². The molecule has 1 aliphatic heterocycles. The summed E-state index contributed by atoms with van der Waals surface area (Å²) in [6.07, 6.45) is 6.95. The number of hydrogen-bond acceptors (Lipinski definition) is 5. The fourth-order valence-electron chi connectivity index (χ4n) is 3.98. The lowest BCUT2D eigenvalue weighted by atomic mass is 10.0. The van der Waals surface area contributed by atoms with Crippen LogP contribution in [0.1, 0.15) is 30.3 Å². The summed E-state index contributed by atoms with van der Waals surface area (Å²) in [7, 11) is 0. The molecule has 174 valence electrons. The molecular formula is C28H30N4O2. The number of nitrogens with zero attached hydrogens (tertiary/aromatic N) is 3. The van der Waals surface area contributed by atoms with E-state index in [0.29, 0.717) is 19.7 Å². The van der Waals surface area contributed by atoms with Gasteiger partial charge in [-0.25, -0.2) is 4.79 Å². The van der Waals surface area contributed by atoms with Crippen LogP contribution in [0.3, 0.4) is 0 Å². The van der Waals surface area contributed by atoms with Crippen LogP contribution in [0.25, 0.3) is 16.7 Å². The first kappa shape index (κ1) is 23.2. The van der Waals surface area contributed by atoms with E-state index in [4.69, 9.17) is 4.74 Å². The van der Waals surface area contributed by atoms with Gasteiger partial charge in [0.2, 0.25) is 0 Å². The summed E-state index contributed by atoms with van der Waals surface area (Å²) in [6.45, 7) is 9.58. The lowest BCUT2D eigenvalue weighted by Crippen LogP contribution is -2.35. The number of amides is 1. The number of benzene rings is 1. The van der Waals surface area contributed by atoms with E-state index in [1.54, 1.807) is 4.90 Å². The van der Waals surface area contributed by atoms with Crippen LogP contribution in [-0.2, 0) is 11.2 Å². The highest BCUT2D eigenvalue weighted by Gasteiger charge is 2.19. The third kappa shape index (κ3) is 5.90. The van der Waals surface area contributed by atoms with Crippen molar-refractivity contribution in [3.8, 4) is 11.1 Å². The van der Waals surface area contributed by atoms with Crippen molar-refractivity contribution in [2.75, 3.05) is 25.0 Å². The van der Waals surface area contributed by atoms with Crippen LogP contribution < -0.4 is 5.32 Å². The molecule has 0 saturated carbocycles. The number of rotatable bonds is 7. The highest BCUT2D eigenvalue weighted by atomic mass is 16.6. The van der Waals surface area contributed by atoms with Gasteiger partial charge in [-0.15, -0.1) is 0 Å². The van der Waals surface area contributed by atoms with Crippen LogP contribution in [0.2, 0.25) is 0 Å². The monoisotopic (exact) mass is 454 g/mol. The van der Waals surface area contributed by atoms with Gasteiger partial charge in [-0.2, -0.15) is 0 Å². The van der Waals surface area contributed by atoms with Gasteiger partial charge in [-0.1, -0.05) is 36.9 Å². The molecule has 4 rings (SSSR count). The summed E-state index contributed by atoms with van der Waals surface area (Å²) in [4.78, 5) is 22.4.